The van der Waals surface area contributed by atoms with E-state index >= 15 is 0 Å². The predicted molar refractivity (Wildman–Crippen MR) is 73.6 cm³/mol. The number of carbonyl (C=O) groups is 1. The van der Waals surface area contributed by atoms with Crippen molar-refractivity contribution in [2.45, 2.75) is 50.2 Å². The lowest BCUT2D eigenvalue weighted by molar-refractivity contribution is -0.274. The molecule has 4 nitrogen and oxygen atoms in total. The van der Waals surface area contributed by atoms with E-state index in [0.29, 0.717) is 17.6 Å². The largest absolute Gasteiger partial charge is 0.573 e. The van der Waals surface area contributed by atoms with Crippen LogP contribution in [-0.4, -0.2) is 30.4 Å². The number of ether oxygens (including phenoxy) is 1. The summed E-state index contributed by atoms with van der Waals surface area (Å²) in [6, 6.07) is 6.02. The summed E-state index contributed by atoms with van der Waals surface area (Å²) in [6.45, 7) is 0. The number of carbonyl (C=O) groups excluding carboxylic acids is 1. The highest BCUT2D eigenvalue weighted by Crippen LogP contribution is 2.27. The second-order valence-electron chi connectivity index (χ2n) is 5.85. The second kappa shape index (κ2) is 5.79. The third-order valence-electron chi connectivity index (χ3n) is 4.16. The van der Waals surface area contributed by atoms with Crippen molar-refractivity contribution >= 4 is 5.91 Å². The zero-order chi connectivity index (χ0) is 15.7. The van der Waals surface area contributed by atoms with Crippen molar-refractivity contribution in [3.8, 4) is 5.75 Å². The van der Waals surface area contributed by atoms with Gasteiger partial charge in [-0.2, -0.15) is 0 Å². The maximum atomic E-state index is 12.1. The Morgan fingerprint density at radius 2 is 1.73 bits per heavy atom. The molecule has 3 rings (SSSR count). The van der Waals surface area contributed by atoms with Gasteiger partial charge in [-0.25, -0.2) is 0 Å². The average molecular weight is 314 g/mol. The van der Waals surface area contributed by atoms with Gasteiger partial charge in [-0.15, -0.1) is 13.2 Å². The molecule has 2 bridgehead atoms. The molecule has 0 radical (unpaired) electrons. The van der Waals surface area contributed by atoms with E-state index in [1.54, 1.807) is 0 Å². The highest BCUT2D eigenvalue weighted by atomic mass is 19.4. The van der Waals surface area contributed by atoms with Crippen LogP contribution >= 0.6 is 0 Å². The molecule has 120 valence electrons. The highest BCUT2D eigenvalue weighted by molar-refractivity contribution is 5.94. The van der Waals surface area contributed by atoms with Gasteiger partial charge < -0.3 is 15.4 Å². The molecular formula is C15H17F3N2O2. The Kier molecular flexibility index (Phi) is 3.99. The minimum Gasteiger partial charge on any atom is -0.406 e. The minimum atomic E-state index is -4.72. The first-order valence-corrected chi connectivity index (χ1v) is 7.32. The molecule has 2 unspecified atom stereocenters. The lowest BCUT2D eigenvalue weighted by Gasteiger charge is -2.29. The zero-order valence-electron chi connectivity index (χ0n) is 11.8. The molecule has 2 fully saturated rings. The van der Waals surface area contributed by atoms with Gasteiger partial charge in [-0.1, -0.05) is 0 Å². The number of benzene rings is 1. The fourth-order valence-electron chi connectivity index (χ4n) is 3.25. The molecule has 0 aliphatic carbocycles. The Hall–Kier alpha value is -1.76. The molecule has 2 aliphatic heterocycles. The zero-order valence-corrected chi connectivity index (χ0v) is 11.8. The van der Waals surface area contributed by atoms with E-state index in [9.17, 15) is 18.0 Å². The van der Waals surface area contributed by atoms with E-state index in [2.05, 4.69) is 15.4 Å². The van der Waals surface area contributed by atoms with Crippen molar-refractivity contribution in [1.82, 2.24) is 10.6 Å². The van der Waals surface area contributed by atoms with Crippen LogP contribution in [0, 0.1) is 0 Å². The summed E-state index contributed by atoms with van der Waals surface area (Å²) in [4.78, 5) is 12.1. The van der Waals surface area contributed by atoms with Crippen LogP contribution in [0.3, 0.4) is 0 Å². The molecule has 2 atom stereocenters. The van der Waals surface area contributed by atoms with Crippen molar-refractivity contribution in [3.05, 3.63) is 29.8 Å². The van der Waals surface area contributed by atoms with Gasteiger partial charge in [-0.05, 0) is 49.9 Å². The number of alkyl halides is 3. The van der Waals surface area contributed by atoms with Crippen molar-refractivity contribution in [1.29, 1.82) is 0 Å². The smallest absolute Gasteiger partial charge is 0.406 e. The number of halogens is 3. The van der Waals surface area contributed by atoms with E-state index in [0.717, 1.165) is 37.8 Å². The monoisotopic (exact) mass is 314 g/mol. The molecule has 2 aliphatic rings. The molecular weight excluding hydrogens is 297 g/mol. The number of piperidine rings is 1. The lowest BCUT2D eigenvalue weighted by atomic mass is 9.99. The van der Waals surface area contributed by atoms with Crippen LogP contribution in [0.5, 0.6) is 5.75 Å². The van der Waals surface area contributed by atoms with Gasteiger partial charge in [0.25, 0.3) is 5.91 Å². The first kappa shape index (κ1) is 15.1. The van der Waals surface area contributed by atoms with Crippen LogP contribution in [0.4, 0.5) is 13.2 Å². The quantitative estimate of drug-likeness (QED) is 0.902. The summed E-state index contributed by atoms with van der Waals surface area (Å²) in [5.74, 6) is -0.589. The summed E-state index contributed by atoms with van der Waals surface area (Å²) in [5.41, 5.74) is 0.334. The molecule has 2 saturated heterocycles. The van der Waals surface area contributed by atoms with Gasteiger partial charge in [-0.3, -0.25) is 4.79 Å². The van der Waals surface area contributed by atoms with Crippen LogP contribution < -0.4 is 15.4 Å². The Balaban J connectivity index is 1.58. The van der Waals surface area contributed by atoms with Crippen molar-refractivity contribution in [2.24, 2.45) is 0 Å². The summed E-state index contributed by atoms with van der Waals surface area (Å²) >= 11 is 0. The van der Waals surface area contributed by atoms with Crippen LogP contribution in [-0.2, 0) is 0 Å². The number of nitrogens with one attached hydrogen (secondary N) is 2. The number of fused-ring (bicyclic) bond motifs is 2. The normalized spacial score (nSPS) is 27.5. The molecule has 22 heavy (non-hydrogen) atoms. The molecule has 2 N–H and O–H groups in total. The van der Waals surface area contributed by atoms with Gasteiger partial charge in [0.05, 0.1) is 0 Å². The van der Waals surface area contributed by atoms with Crippen molar-refractivity contribution in [3.63, 3.8) is 0 Å². The Morgan fingerprint density at radius 3 is 2.27 bits per heavy atom. The van der Waals surface area contributed by atoms with Crippen LogP contribution in [0.1, 0.15) is 36.0 Å². The van der Waals surface area contributed by atoms with E-state index in [1.807, 2.05) is 0 Å². The summed E-state index contributed by atoms with van der Waals surface area (Å²) < 4.78 is 40.0. The summed E-state index contributed by atoms with van der Waals surface area (Å²) in [6.07, 6.45) is -0.645. The first-order valence-electron chi connectivity index (χ1n) is 7.32. The molecule has 1 amide bonds. The molecule has 2 heterocycles. The Bertz CT molecular complexity index is 533. The van der Waals surface area contributed by atoms with Crippen LogP contribution in [0.2, 0.25) is 0 Å². The van der Waals surface area contributed by atoms with E-state index in [-0.39, 0.29) is 17.7 Å². The number of hydrogen-bond donors (Lipinski definition) is 2. The molecule has 0 saturated carbocycles. The lowest BCUT2D eigenvalue weighted by Crippen LogP contribution is -2.48. The van der Waals surface area contributed by atoms with Gasteiger partial charge >= 0.3 is 6.36 Å². The van der Waals surface area contributed by atoms with E-state index in [4.69, 9.17) is 0 Å². The number of hydrogen-bond acceptors (Lipinski definition) is 3. The fourth-order valence-corrected chi connectivity index (χ4v) is 3.25. The topological polar surface area (TPSA) is 50.4 Å². The highest BCUT2D eigenvalue weighted by Gasteiger charge is 2.34. The molecule has 0 aromatic heterocycles. The fraction of sp³-hybridized carbons (Fsp3) is 0.533. The van der Waals surface area contributed by atoms with Gasteiger partial charge in [0.15, 0.2) is 0 Å². The van der Waals surface area contributed by atoms with Crippen molar-refractivity contribution in [2.75, 3.05) is 0 Å². The average Bonchev–Trinajstić information content (AvgIpc) is 2.77. The molecule has 7 heteroatoms. The molecule has 0 spiro atoms. The SMILES string of the molecule is O=C(NC1CC2CCC(C1)N2)c1ccc(OC(F)(F)F)cc1. The van der Waals surface area contributed by atoms with Crippen LogP contribution in [0.25, 0.3) is 0 Å². The van der Waals surface area contributed by atoms with Gasteiger partial charge in [0.1, 0.15) is 5.75 Å². The second-order valence-corrected chi connectivity index (χ2v) is 5.85. The predicted octanol–water partition coefficient (Wildman–Crippen LogP) is 2.60. The standard InChI is InChI=1S/C15H17F3N2O2/c16-15(17,18)22-13-5-1-9(2-6-13)14(21)20-12-7-10-3-4-11(8-12)19-10/h1-2,5-6,10-12,19H,3-4,7-8H2,(H,20,21). The van der Waals surface area contributed by atoms with Gasteiger partial charge in [0, 0.05) is 23.7 Å². The third kappa shape index (κ3) is 3.71. The van der Waals surface area contributed by atoms with E-state index in [1.165, 1.54) is 12.1 Å². The van der Waals surface area contributed by atoms with Crippen molar-refractivity contribution < 1.29 is 22.7 Å². The van der Waals surface area contributed by atoms with E-state index < -0.39 is 6.36 Å². The molecule has 1 aromatic carbocycles. The van der Waals surface area contributed by atoms with Gasteiger partial charge in [0.2, 0.25) is 0 Å². The summed E-state index contributed by atoms with van der Waals surface area (Å²) in [5, 5.41) is 6.45. The van der Waals surface area contributed by atoms with Crippen LogP contribution in [0.15, 0.2) is 24.3 Å². The Labute approximate surface area is 126 Å². The maximum Gasteiger partial charge on any atom is 0.573 e. The summed E-state index contributed by atoms with van der Waals surface area (Å²) in [7, 11) is 0. The first-order chi connectivity index (χ1) is 10.4. The number of rotatable bonds is 3. The number of amides is 1. The molecule has 1 aromatic rings. The third-order valence-corrected chi connectivity index (χ3v) is 4.16. The maximum absolute atomic E-state index is 12.1. The minimum absolute atomic E-state index is 0.123. The Morgan fingerprint density at radius 1 is 1.14 bits per heavy atom.